The summed E-state index contributed by atoms with van der Waals surface area (Å²) in [6.45, 7) is 1.30. The van der Waals surface area contributed by atoms with Gasteiger partial charge < -0.3 is 9.30 Å². The number of aliphatic imine (C=N–C) groups is 1. The molecule has 0 radical (unpaired) electrons. The van der Waals surface area contributed by atoms with E-state index in [0.29, 0.717) is 6.61 Å². The van der Waals surface area contributed by atoms with E-state index in [2.05, 4.69) is 49.2 Å². The minimum absolute atomic E-state index is 0.565. The molecule has 6 heteroatoms. The van der Waals surface area contributed by atoms with Gasteiger partial charge in [0.05, 0.1) is 11.9 Å². The van der Waals surface area contributed by atoms with Gasteiger partial charge in [-0.3, -0.25) is 4.99 Å². The molecule has 4 aromatic rings. The number of benzene rings is 2. The average Bonchev–Trinajstić information content (AvgIpc) is 3.37. The van der Waals surface area contributed by atoms with E-state index in [4.69, 9.17) is 4.74 Å². The molecule has 0 unspecified atom stereocenters. The topological polar surface area (TPSA) is 68.1 Å². The lowest BCUT2D eigenvalue weighted by Gasteiger charge is -2.10. The Hall–Kier alpha value is -3.67. The van der Waals surface area contributed by atoms with Crippen molar-refractivity contribution in [3.8, 4) is 17.1 Å². The van der Waals surface area contributed by atoms with Crippen LogP contribution in [0.1, 0.15) is 16.8 Å². The van der Waals surface area contributed by atoms with E-state index in [1.807, 2.05) is 48.7 Å². The highest BCUT2D eigenvalue weighted by Crippen LogP contribution is 2.22. The van der Waals surface area contributed by atoms with E-state index in [0.717, 1.165) is 34.9 Å². The lowest BCUT2D eigenvalue weighted by molar-refractivity contribution is 0.306. The summed E-state index contributed by atoms with van der Waals surface area (Å²) in [6.07, 6.45) is 3.74. The number of hydrogen-bond donors (Lipinski definition) is 1. The second-order valence-electron chi connectivity index (χ2n) is 6.38. The summed E-state index contributed by atoms with van der Waals surface area (Å²) in [7, 11) is 1.72. The van der Waals surface area contributed by atoms with Crippen molar-refractivity contribution >= 4 is 6.21 Å². The summed E-state index contributed by atoms with van der Waals surface area (Å²) >= 11 is 0. The molecular weight excluding hydrogens is 350 g/mol. The van der Waals surface area contributed by atoms with Crippen molar-refractivity contribution in [2.45, 2.75) is 13.2 Å². The third kappa shape index (κ3) is 4.01. The van der Waals surface area contributed by atoms with Crippen LogP contribution in [0.3, 0.4) is 0 Å². The first-order chi connectivity index (χ1) is 13.8. The first-order valence-corrected chi connectivity index (χ1v) is 9.07. The number of nitrogens with zero attached hydrogens (tertiary/aromatic N) is 4. The zero-order chi connectivity index (χ0) is 19.2. The maximum absolute atomic E-state index is 5.86. The van der Waals surface area contributed by atoms with E-state index >= 15 is 0 Å². The molecule has 0 aliphatic rings. The van der Waals surface area contributed by atoms with E-state index in [1.54, 1.807) is 13.3 Å². The molecule has 0 aliphatic heterocycles. The molecule has 2 aromatic carbocycles. The zero-order valence-electron chi connectivity index (χ0n) is 15.6. The van der Waals surface area contributed by atoms with Gasteiger partial charge in [-0.1, -0.05) is 42.5 Å². The number of aromatic nitrogens is 4. The van der Waals surface area contributed by atoms with Crippen molar-refractivity contribution in [1.29, 1.82) is 0 Å². The maximum atomic E-state index is 5.86. The molecule has 0 aliphatic carbocycles. The molecule has 28 heavy (non-hydrogen) atoms. The molecule has 0 fully saturated rings. The van der Waals surface area contributed by atoms with Crippen LogP contribution in [0.5, 0.6) is 5.75 Å². The predicted octanol–water partition coefficient (Wildman–Crippen LogP) is 3.95. The second kappa shape index (κ2) is 8.35. The first kappa shape index (κ1) is 17.7. The van der Waals surface area contributed by atoms with E-state index in [1.165, 1.54) is 5.56 Å². The van der Waals surface area contributed by atoms with Crippen LogP contribution in [0.4, 0.5) is 0 Å². The molecule has 0 saturated heterocycles. The smallest absolute Gasteiger partial charge is 0.138 e. The molecule has 2 aromatic heterocycles. The van der Waals surface area contributed by atoms with Crippen LogP contribution in [0.2, 0.25) is 0 Å². The highest BCUT2D eigenvalue weighted by molar-refractivity contribution is 5.85. The van der Waals surface area contributed by atoms with Crippen LogP contribution >= 0.6 is 0 Å². The van der Waals surface area contributed by atoms with Crippen molar-refractivity contribution in [1.82, 2.24) is 20.0 Å². The van der Waals surface area contributed by atoms with E-state index < -0.39 is 0 Å². The monoisotopic (exact) mass is 371 g/mol. The third-order valence-corrected chi connectivity index (χ3v) is 4.42. The van der Waals surface area contributed by atoms with Crippen LogP contribution in [-0.4, -0.2) is 33.2 Å². The van der Waals surface area contributed by atoms with E-state index in [9.17, 15) is 0 Å². The molecule has 0 saturated carbocycles. The Morgan fingerprint density at radius 1 is 0.964 bits per heavy atom. The molecule has 4 rings (SSSR count). The second-order valence-corrected chi connectivity index (χ2v) is 6.38. The Morgan fingerprint density at radius 3 is 2.57 bits per heavy atom. The van der Waals surface area contributed by atoms with Gasteiger partial charge in [0, 0.05) is 19.8 Å². The van der Waals surface area contributed by atoms with Gasteiger partial charge in [-0.25, -0.2) is 0 Å². The Kier molecular flexibility index (Phi) is 5.29. The molecule has 0 bridgehead atoms. The van der Waals surface area contributed by atoms with Crippen molar-refractivity contribution < 1.29 is 4.74 Å². The Bertz CT molecular complexity index is 1050. The number of aromatic amines is 1. The minimum atomic E-state index is 0.565. The van der Waals surface area contributed by atoms with Crippen molar-refractivity contribution in [3.63, 3.8) is 0 Å². The summed E-state index contributed by atoms with van der Waals surface area (Å²) in [5.74, 6) is 0.860. The number of nitrogens with one attached hydrogen (secondary N) is 1. The molecule has 140 valence electrons. The number of ether oxygens (including phenoxy) is 1. The minimum Gasteiger partial charge on any atom is -0.489 e. The van der Waals surface area contributed by atoms with Gasteiger partial charge in [0.2, 0.25) is 0 Å². The summed E-state index contributed by atoms with van der Waals surface area (Å²) in [4.78, 5) is 4.04. The third-order valence-electron chi connectivity index (χ3n) is 4.42. The normalized spacial score (nSPS) is 11.2. The van der Waals surface area contributed by atoms with Gasteiger partial charge in [-0.05, 0) is 35.4 Å². The molecule has 1 N–H and O–H groups in total. The fourth-order valence-corrected chi connectivity index (χ4v) is 3.04. The lowest BCUT2D eigenvalue weighted by Crippen LogP contribution is -2.02. The van der Waals surface area contributed by atoms with Crippen molar-refractivity contribution in [2.75, 3.05) is 7.05 Å². The Balaban J connectivity index is 1.45. The van der Waals surface area contributed by atoms with Crippen molar-refractivity contribution in [3.05, 3.63) is 89.7 Å². The lowest BCUT2D eigenvalue weighted by atomic mass is 10.2. The number of rotatable bonds is 7. The van der Waals surface area contributed by atoms with Gasteiger partial charge in [0.1, 0.15) is 23.7 Å². The van der Waals surface area contributed by atoms with Crippen LogP contribution < -0.4 is 4.74 Å². The number of hydrogen-bond acceptors (Lipinski definition) is 4. The fourth-order valence-electron chi connectivity index (χ4n) is 3.04. The summed E-state index contributed by atoms with van der Waals surface area (Å²) < 4.78 is 8.01. The van der Waals surface area contributed by atoms with Crippen LogP contribution in [-0.2, 0) is 13.2 Å². The number of H-pyrrole nitrogens is 1. The SMILES string of the molecule is CN=Cc1n[nH]nc1-c1cccn1Cc1ccc(OCc2ccccc2)cc1. The Labute approximate surface area is 163 Å². The largest absolute Gasteiger partial charge is 0.489 e. The maximum Gasteiger partial charge on any atom is 0.138 e. The molecule has 0 atom stereocenters. The molecule has 6 nitrogen and oxygen atoms in total. The molecule has 0 spiro atoms. The molecule has 2 heterocycles. The molecule has 0 amide bonds. The predicted molar refractivity (Wildman–Crippen MR) is 110 cm³/mol. The highest BCUT2D eigenvalue weighted by Gasteiger charge is 2.12. The van der Waals surface area contributed by atoms with Gasteiger partial charge in [0.25, 0.3) is 0 Å². The first-order valence-electron chi connectivity index (χ1n) is 9.07. The van der Waals surface area contributed by atoms with Crippen LogP contribution in [0.15, 0.2) is 77.9 Å². The standard InChI is InChI=1S/C22H21N5O/c1-23-14-20-22(25-26-24-20)21-8-5-13-27(21)15-17-9-11-19(12-10-17)28-16-18-6-3-2-4-7-18/h2-14H,15-16H2,1H3,(H,24,25,26). The zero-order valence-corrected chi connectivity index (χ0v) is 15.6. The molecular formula is C22H21N5O. The summed E-state index contributed by atoms with van der Waals surface area (Å²) in [5, 5.41) is 11.1. The summed E-state index contributed by atoms with van der Waals surface area (Å²) in [6, 6.07) is 22.4. The van der Waals surface area contributed by atoms with Crippen LogP contribution in [0.25, 0.3) is 11.4 Å². The highest BCUT2D eigenvalue weighted by atomic mass is 16.5. The average molecular weight is 371 g/mol. The van der Waals surface area contributed by atoms with Crippen molar-refractivity contribution in [2.24, 2.45) is 4.99 Å². The quantitative estimate of drug-likeness (QED) is 0.500. The van der Waals surface area contributed by atoms with E-state index in [-0.39, 0.29) is 0 Å². The van der Waals surface area contributed by atoms with Gasteiger partial charge >= 0.3 is 0 Å². The summed E-state index contributed by atoms with van der Waals surface area (Å²) in [5.41, 5.74) is 4.85. The Morgan fingerprint density at radius 2 is 1.79 bits per heavy atom. The van der Waals surface area contributed by atoms with Crippen LogP contribution in [0, 0.1) is 0 Å². The fraction of sp³-hybridized carbons (Fsp3) is 0.136. The van der Waals surface area contributed by atoms with Gasteiger partial charge in [-0.15, -0.1) is 0 Å². The van der Waals surface area contributed by atoms with Gasteiger partial charge in [-0.2, -0.15) is 15.4 Å². The van der Waals surface area contributed by atoms with Gasteiger partial charge in [0.15, 0.2) is 0 Å².